The van der Waals surface area contributed by atoms with Crippen LogP contribution in [0.4, 0.5) is 0 Å². The lowest BCUT2D eigenvalue weighted by atomic mass is 9.86. The molecule has 2 heteroatoms. The number of likely N-dealkylation sites (tertiary alicyclic amines) is 1. The fraction of sp³-hybridized carbons (Fsp3) is 0.684. The Labute approximate surface area is 130 Å². The van der Waals surface area contributed by atoms with E-state index >= 15 is 0 Å². The van der Waals surface area contributed by atoms with Gasteiger partial charge in [0.1, 0.15) is 0 Å². The van der Waals surface area contributed by atoms with Crippen LogP contribution in [-0.4, -0.2) is 23.5 Å². The molecule has 3 unspecified atom stereocenters. The van der Waals surface area contributed by atoms with E-state index in [-0.39, 0.29) is 6.04 Å². The van der Waals surface area contributed by atoms with Crippen molar-refractivity contribution in [1.29, 1.82) is 0 Å². The summed E-state index contributed by atoms with van der Waals surface area (Å²) < 4.78 is 0. The summed E-state index contributed by atoms with van der Waals surface area (Å²) in [5, 5.41) is 0. The molecular weight excluding hydrogens is 256 g/mol. The first-order valence-electron chi connectivity index (χ1n) is 8.71. The van der Waals surface area contributed by atoms with E-state index in [4.69, 9.17) is 5.73 Å². The van der Waals surface area contributed by atoms with Crippen LogP contribution in [0.2, 0.25) is 0 Å². The van der Waals surface area contributed by atoms with Crippen LogP contribution in [0, 0.1) is 5.92 Å². The van der Waals surface area contributed by atoms with E-state index in [1.807, 2.05) is 0 Å². The van der Waals surface area contributed by atoms with Gasteiger partial charge in [-0.15, -0.1) is 0 Å². The van der Waals surface area contributed by atoms with E-state index < -0.39 is 0 Å². The Morgan fingerprint density at radius 2 is 1.90 bits per heavy atom. The van der Waals surface area contributed by atoms with Crippen molar-refractivity contribution in [3.63, 3.8) is 0 Å². The van der Waals surface area contributed by atoms with Gasteiger partial charge in [-0.1, -0.05) is 63.9 Å². The SMILES string of the molecule is CCCC1CCCCN1C(C(C)C)C(N)c1ccccc1. The molecule has 0 amide bonds. The van der Waals surface area contributed by atoms with Crippen LogP contribution in [-0.2, 0) is 0 Å². The fourth-order valence-corrected chi connectivity index (χ4v) is 3.93. The molecular formula is C19H32N2. The molecule has 0 aliphatic carbocycles. The molecule has 0 bridgehead atoms. The average molecular weight is 288 g/mol. The minimum absolute atomic E-state index is 0.114. The minimum Gasteiger partial charge on any atom is -0.323 e. The lowest BCUT2D eigenvalue weighted by Gasteiger charge is -2.45. The maximum atomic E-state index is 6.69. The summed E-state index contributed by atoms with van der Waals surface area (Å²) in [7, 11) is 0. The van der Waals surface area contributed by atoms with Gasteiger partial charge < -0.3 is 5.73 Å². The van der Waals surface area contributed by atoms with E-state index in [0.717, 1.165) is 6.04 Å². The van der Waals surface area contributed by atoms with Crippen molar-refractivity contribution in [3.8, 4) is 0 Å². The zero-order chi connectivity index (χ0) is 15.2. The maximum absolute atomic E-state index is 6.69. The Morgan fingerprint density at radius 3 is 2.52 bits per heavy atom. The van der Waals surface area contributed by atoms with Crippen molar-refractivity contribution in [3.05, 3.63) is 35.9 Å². The first-order chi connectivity index (χ1) is 10.1. The minimum atomic E-state index is 0.114. The van der Waals surface area contributed by atoms with Crippen LogP contribution in [0.1, 0.15) is 64.5 Å². The van der Waals surface area contributed by atoms with Gasteiger partial charge >= 0.3 is 0 Å². The van der Waals surface area contributed by atoms with E-state index in [1.165, 1.54) is 44.2 Å². The average Bonchev–Trinajstić information content (AvgIpc) is 2.50. The topological polar surface area (TPSA) is 29.3 Å². The van der Waals surface area contributed by atoms with E-state index in [9.17, 15) is 0 Å². The molecule has 0 saturated carbocycles. The normalized spacial score (nSPS) is 23.2. The standard InChI is InChI=1S/C19H32N2/c1-4-10-17-13-8-9-14-21(17)19(15(2)3)18(20)16-11-6-5-7-12-16/h5-7,11-12,15,17-19H,4,8-10,13-14,20H2,1-3H3. The molecule has 118 valence electrons. The lowest BCUT2D eigenvalue weighted by molar-refractivity contribution is 0.0491. The third kappa shape index (κ3) is 4.08. The summed E-state index contributed by atoms with van der Waals surface area (Å²) in [5.41, 5.74) is 7.96. The van der Waals surface area contributed by atoms with Crippen LogP contribution in [0.5, 0.6) is 0 Å². The first-order valence-corrected chi connectivity index (χ1v) is 8.71. The maximum Gasteiger partial charge on any atom is 0.0455 e. The molecule has 2 rings (SSSR count). The Bertz CT molecular complexity index is 399. The Kier molecular flexibility index (Phi) is 6.25. The van der Waals surface area contributed by atoms with Crippen molar-refractivity contribution in [1.82, 2.24) is 4.90 Å². The molecule has 1 fully saturated rings. The Balaban J connectivity index is 2.20. The summed E-state index contributed by atoms with van der Waals surface area (Å²) in [5.74, 6) is 0.581. The second-order valence-electron chi connectivity index (χ2n) is 6.85. The van der Waals surface area contributed by atoms with Crippen molar-refractivity contribution < 1.29 is 0 Å². The zero-order valence-electron chi connectivity index (χ0n) is 14.0. The first kappa shape index (κ1) is 16.5. The molecule has 2 N–H and O–H groups in total. The van der Waals surface area contributed by atoms with Crippen LogP contribution in [0.3, 0.4) is 0 Å². The number of rotatable bonds is 6. The predicted octanol–water partition coefficient (Wildman–Crippen LogP) is 4.37. The van der Waals surface area contributed by atoms with Crippen LogP contribution in [0.25, 0.3) is 0 Å². The highest BCUT2D eigenvalue weighted by molar-refractivity contribution is 5.20. The van der Waals surface area contributed by atoms with E-state index in [1.54, 1.807) is 0 Å². The molecule has 1 heterocycles. The molecule has 1 aliphatic heterocycles. The highest BCUT2D eigenvalue weighted by Crippen LogP contribution is 2.31. The highest BCUT2D eigenvalue weighted by atomic mass is 15.2. The number of nitrogens with two attached hydrogens (primary N) is 1. The highest BCUT2D eigenvalue weighted by Gasteiger charge is 2.34. The van der Waals surface area contributed by atoms with Gasteiger partial charge in [-0.3, -0.25) is 4.90 Å². The van der Waals surface area contributed by atoms with Gasteiger partial charge in [-0.25, -0.2) is 0 Å². The van der Waals surface area contributed by atoms with E-state index in [2.05, 4.69) is 56.0 Å². The Hall–Kier alpha value is -0.860. The molecule has 2 nitrogen and oxygen atoms in total. The molecule has 1 aliphatic rings. The number of piperidine rings is 1. The van der Waals surface area contributed by atoms with Gasteiger partial charge in [0.25, 0.3) is 0 Å². The van der Waals surface area contributed by atoms with Gasteiger partial charge in [0.15, 0.2) is 0 Å². The summed E-state index contributed by atoms with van der Waals surface area (Å²) in [6.07, 6.45) is 6.63. The summed E-state index contributed by atoms with van der Waals surface area (Å²) in [6, 6.07) is 11.9. The number of nitrogens with zero attached hydrogens (tertiary/aromatic N) is 1. The summed E-state index contributed by atoms with van der Waals surface area (Å²) in [6.45, 7) is 8.17. The molecule has 21 heavy (non-hydrogen) atoms. The molecule has 1 saturated heterocycles. The van der Waals surface area contributed by atoms with Gasteiger partial charge in [-0.2, -0.15) is 0 Å². The second-order valence-corrected chi connectivity index (χ2v) is 6.85. The van der Waals surface area contributed by atoms with E-state index in [0.29, 0.717) is 12.0 Å². The predicted molar refractivity (Wildman–Crippen MR) is 91.2 cm³/mol. The molecule has 0 radical (unpaired) electrons. The van der Waals surface area contributed by atoms with Gasteiger partial charge in [0, 0.05) is 18.1 Å². The van der Waals surface area contributed by atoms with Crippen molar-refractivity contribution in [2.45, 2.75) is 71.0 Å². The molecule has 0 spiro atoms. The van der Waals surface area contributed by atoms with Crippen LogP contribution in [0.15, 0.2) is 30.3 Å². The molecule has 0 aromatic heterocycles. The molecule has 1 aromatic rings. The van der Waals surface area contributed by atoms with Gasteiger partial charge in [-0.05, 0) is 37.3 Å². The van der Waals surface area contributed by atoms with Gasteiger partial charge in [0.05, 0.1) is 0 Å². The third-order valence-electron chi connectivity index (χ3n) is 4.91. The summed E-state index contributed by atoms with van der Waals surface area (Å²) >= 11 is 0. The molecule has 3 atom stereocenters. The quantitative estimate of drug-likeness (QED) is 0.842. The molecule has 1 aromatic carbocycles. The monoisotopic (exact) mass is 288 g/mol. The van der Waals surface area contributed by atoms with Gasteiger partial charge in [0.2, 0.25) is 0 Å². The lowest BCUT2D eigenvalue weighted by Crippen LogP contribution is -2.52. The third-order valence-corrected chi connectivity index (χ3v) is 4.91. The van der Waals surface area contributed by atoms with Crippen LogP contribution >= 0.6 is 0 Å². The Morgan fingerprint density at radius 1 is 1.19 bits per heavy atom. The summed E-state index contributed by atoms with van der Waals surface area (Å²) in [4.78, 5) is 2.73. The van der Waals surface area contributed by atoms with Crippen molar-refractivity contribution >= 4 is 0 Å². The second kappa shape index (κ2) is 7.95. The number of benzene rings is 1. The fourth-order valence-electron chi connectivity index (χ4n) is 3.93. The largest absolute Gasteiger partial charge is 0.323 e. The smallest absolute Gasteiger partial charge is 0.0455 e. The number of hydrogen-bond donors (Lipinski definition) is 1. The van der Waals surface area contributed by atoms with Crippen molar-refractivity contribution in [2.75, 3.05) is 6.54 Å². The van der Waals surface area contributed by atoms with Crippen molar-refractivity contribution in [2.24, 2.45) is 11.7 Å². The number of hydrogen-bond acceptors (Lipinski definition) is 2. The van der Waals surface area contributed by atoms with Crippen LogP contribution < -0.4 is 5.73 Å². The zero-order valence-corrected chi connectivity index (χ0v) is 14.0.